The molecule has 0 saturated heterocycles. The van der Waals surface area contributed by atoms with Crippen LogP contribution in [-0.2, 0) is 10.1 Å². The van der Waals surface area contributed by atoms with Crippen LogP contribution >= 0.6 is 0 Å². The van der Waals surface area contributed by atoms with E-state index in [9.17, 15) is 12.8 Å². The third kappa shape index (κ3) is 3.28. The summed E-state index contributed by atoms with van der Waals surface area (Å²) in [7, 11) is -4.12. The second-order valence-electron chi connectivity index (χ2n) is 3.34. The number of halogens is 1. The van der Waals surface area contributed by atoms with E-state index >= 15 is 0 Å². The zero-order valence-corrected chi connectivity index (χ0v) is 9.17. The van der Waals surface area contributed by atoms with Crippen molar-refractivity contribution in [1.82, 2.24) is 0 Å². The summed E-state index contributed by atoms with van der Waals surface area (Å²) in [6.45, 7) is 1.82. The van der Waals surface area contributed by atoms with Gasteiger partial charge in [-0.3, -0.25) is 4.55 Å². The van der Waals surface area contributed by atoms with Crippen LogP contribution in [0.5, 0.6) is 0 Å². The molecule has 0 fully saturated rings. The lowest BCUT2D eigenvalue weighted by atomic mass is 10.1. The molecule has 0 aliphatic heterocycles. The monoisotopic (exact) mass is 232 g/mol. The Labute approximate surface area is 88.7 Å². The predicted octanol–water partition coefficient (Wildman–Crippen LogP) is 2.55. The summed E-state index contributed by atoms with van der Waals surface area (Å²) >= 11 is 0. The molecule has 1 rings (SSSR count). The maximum atomic E-state index is 12.6. The fraction of sp³-hybridized carbons (Fsp3) is 0.400. The van der Waals surface area contributed by atoms with Crippen molar-refractivity contribution in [3.05, 3.63) is 35.6 Å². The normalized spacial score (nSPS) is 13.8. The first kappa shape index (κ1) is 12.1. The van der Waals surface area contributed by atoms with Gasteiger partial charge < -0.3 is 0 Å². The van der Waals surface area contributed by atoms with E-state index in [0.717, 1.165) is 0 Å². The second kappa shape index (κ2) is 4.72. The molecule has 0 spiro atoms. The molecule has 0 saturated carbocycles. The molecule has 0 aliphatic carbocycles. The molecule has 0 bridgehead atoms. The van der Waals surface area contributed by atoms with E-state index in [2.05, 4.69) is 0 Å². The van der Waals surface area contributed by atoms with Crippen LogP contribution in [0.4, 0.5) is 4.39 Å². The SMILES string of the molecule is CCCC(c1ccc(F)cc1)S(=O)(=O)O. The topological polar surface area (TPSA) is 54.4 Å². The third-order valence-electron chi connectivity index (χ3n) is 2.15. The summed E-state index contributed by atoms with van der Waals surface area (Å²) in [5, 5.41) is -0.955. The van der Waals surface area contributed by atoms with Gasteiger partial charge in [0.1, 0.15) is 11.1 Å². The zero-order chi connectivity index (χ0) is 11.5. The van der Waals surface area contributed by atoms with E-state index in [-0.39, 0.29) is 0 Å². The summed E-state index contributed by atoms with van der Waals surface area (Å²) in [6, 6.07) is 5.12. The van der Waals surface area contributed by atoms with Crippen LogP contribution in [0.3, 0.4) is 0 Å². The van der Waals surface area contributed by atoms with Gasteiger partial charge in [-0.05, 0) is 24.1 Å². The fourth-order valence-electron chi connectivity index (χ4n) is 1.43. The Balaban J connectivity index is 3.05. The molecule has 0 aromatic heterocycles. The zero-order valence-electron chi connectivity index (χ0n) is 8.35. The molecule has 0 aliphatic rings. The summed E-state index contributed by atoms with van der Waals surface area (Å²) in [4.78, 5) is 0. The highest BCUT2D eigenvalue weighted by atomic mass is 32.2. The summed E-state index contributed by atoms with van der Waals surface area (Å²) in [6.07, 6.45) is 0.951. The molecule has 0 heterocycles. The van der Waals surface area contributed by atoms with Crippen molar-refractivity contribution in [2.45, 2.75) is 25.0 Å². The molecular formula is C10H13FO3S. The molecule has 1 aromatic carbocycles. The van der Waals surface area contributed by atoms with E-state index in [1.807, 2.05) is 6.92 Å². The Morgan fingerprint density at radius 1 is 1.33 bits per heavy atom. The Hall–Kier alpha value is -0.940. The molecule has 1 atom stereocenters. The minimum atomic E-state index is -4.12. The molecular weight excluding hydrogens is 219 g/mol. The Morgan fingerprint density at radius 3 is 2.27 bits per heavy atom. The van der Waals surface area contributed by atoms with Crippen LogP contribution < -0.4 is 0 Å². The van der Waals surface area contributed by atoms with Gasteiger partial charge >= 0.3 is 0 Å². The van der Waals surface area contributed by atoms with Crippen molar-refractivity contribution < 1.29 is 17.4 Å². The maximum absolute atomic E-state index is 12.6. The largest absolute Gasteiger partial charge is 0.285 e. The van der Waals surface area contributed by atoms with Crippen molar-refractivity contribution in [3.8, 4) is 0 Å². The molecule has 5 heteroatoms. The van der Waals surface area contributed by atoms with Gasteiger partial charge in [0.2, 0.25) is 0 Å². The van der Waals surface area contributed by atoms with E-state index in [1.165, 1.54) is 24.3 Å². The van der Waals surface area contributed by atoms with Crippen LogP contribution in [0.15, 0.2) is 24.3 Å². The lowest BCUT2D eigenvalue weighted by Gasteiger charge is -2.12. The summed E-state index contributed by atoms with van der Waals surface area (Å²) < 4.78 is 43.8. The van der Waals surface area contributed by atoms with Gasteiger partial charge in [0.05, 0.1) is 0 Å². The first-order valence-electron chi connectivity index (χ1n) is 4.67. The molecule has 0 radical (unpaired) electrons. The predicted molar refractivity (Wildman–Crippen MR) is 55.6 cm³/mol. The van der Waals surface area contributed by atoms with Crippen molar-refractivity contribution in [2.75, 3.05) is 0 Å². The van der Waals surface area contributed by atoms with Gasteiger partial charge in [-0.1, -0.05) is 25.5 Å². The lowest BCUT2D eigenvalue weighted by molar-refractivity contribution is 0.463. The van der Waals surface area contributed by atoms with Crippen LogP contribution in [-0.4, -0.2) is 13.0 Å². The van der Waals surface area contributed by atoms with Crippen molar-refractivity contribution in [3.63, 3.8) is 0 Å². The lowest BCUT2D eigenvalue weighted by Crippen LogP contribution is -2.11. The highest BCUT2D eigenvalue weighted by Gasteiger charge is 2.23. The minimum absolute atomic E-state index is 0.324. The van der Waals surface area contributed by atoms with Crippen LogP contribution in [0.25, 0.3) is 0 Å². The van der Waals surface area contributed by atoms with E-state index in [0.29, 0.717) is 18.4 Å². The first-order chi connectivity index (χ1) is 6.95. The van der Waals surface area contributed by atoms with Crippen molar-refractivity contribution in [1.29, 1.82) is 0 Å². The molecule has 1 unspecified atom stereocenters. The third-order valence-corrected chi connectivity index (χ3v) is 3.38. The van der Waals surface area contributed by atoms with Crippen LogP contribution in [0.2, 0.25) is 0 Å². The first-order valence-corrected chi connectivity index (χ1v) is 6.17. The van der Waals surface area contributed by atoms with Gasteiger partial charge in [0.15, 0.2) is 0 Å². The van der Waals surface area contributed by atoms with Gasteiger partial charge in [0.25, 0.3) is 10.1 Å². The second-order valence-corrected chi connectivity index (χ2v) is 4.94. The maximum Gasteiger partial charge on any atom is 0.271 e. The molecule has 0 amide bonds. The van der Waals surface area contributed by atoms with Gasteiger partial charge in [-0.2, -0.15) is 8.42 Å². The highest BCUT2D eigenvalue weighted by molar-refractivity contribution is 7.86. The minimum Gasteiger partial charge on any atom is -0.285 e. The molecule has 3 nitrogen and oxygen atoms in total. The van der Waals surface area contributed by atoms with Crippen LogP contribution in [0.1, 0.15) is 30.6 Å². The number of benzene rings is 1. The average molecular weight is 232 g/mol. The standard InChI is InChI=1S/C10H13FO3S/c1-2-3-10(15(12,13)14)8-4-6-9(11)7-5-8/h4-7,10H,2-3H2,1H3,(H,12,13,14). The van der Waals surface area contributed by atoms with Crippen molar-refractivity contribution in [2.24, 2.45) is 0 Å². The quantitative estimate of drug-likeness (QED) is 0.812. The van der Waals surface area contributed by atoms with Gasteiger partial charge in [-0.25, -0.2) is 4.39 Å². The average Bonchev–Trinajstić information content (AvgIpc) is 2.14. The van der Waals surface area contributed by atoms with E-state index in [1.54, 1.807) is 0 Å². The summed E-state index contributed by atoms with van der Waals surface area (Å²) in [5.74, 6) is -0.427. The van der Waals surface area contributed by atoms with Crippen molar-refractivity contribution >= 4 is 10.1 Å². The highest BCUT2D eigenvalue weighted by Crippen LogP contribution is 2.26. The Kier molecular flexibility index (Phi) is 3.82. The van der Waals surface area contributed by atoms with E-state index < -0.39 is 21.2 Å². The van der Waals surface area contributed by atoms with E-state index in [4.69, 9.17) is 4.55 Å². The molecule has 1 N–H and O–H groups in total. The number of hydrogen-bond donors (Lipinski definition) is 1. The number of hydrogen-bond acceptors (Lipinski definition) is 2. The fourth-order valence-corrected chi connectivity index (χ4v) is 2.46. The molecule has 84 valence electrons. The smallest absolute Gasteiger partial charge is 0.271 e. The molecule has 15 heavy (non-hydrogen) atoms. The summed E-state index contributed by atoms with van der Waals surface area (Å²) in [5.41, 5.74) is 0.417. The molecule has 1 aromatic rings. The van der Waals surface area contributed by atoms with Crippen LogP contribution in [0, 0.1) is 5.82 Å². The Morgan fingerprint density at radius 2 is 1.87 bits per heavy atom. The van der Waals surface area contributed by atoms with Gasteiger partial charge in [0, 0.05) is 0 Å². The Bertz CT molecular complexity index is 411. The number of rotatable bonds is 4. The van der Waals surface area contributed by atoms with Gasteiger partial charge in [-0.15, -0.1) is 0 Å².